The Balaban J connectivity index is 2.15. The quantitative estimate of drug-likeness (QED) is 0.902. The van der Waals surface area contributed by atoms with Crippen LogP contribution >= 0.6 is 11.6 Å². The minimum atomic E-state index is -0.428. The number of hydrogen-bond acceptors (Lipinski definition) is 4. The molecule has 2 aromatic rings. The minimum absolute atomic E-state index is 0.139. The van der Waals surface area contributed by atoms with E-state index in [0.717, 1.165) is 0 Å². The van der Waals surface area contributed by atoms with Gasteiger partial charge in [-0.25, -0.2) is 9.97 Å². The van der Waals surface area contributed by atoms with Crippen LogP contribution in [0.4, 0.5) is 5.69 Å². The number of hydrogen-bond donors (Lipinski definition) is 2. The lowest BCUT2D eigenvalue weighted by atomic mass is 10.2. The number of carbonyl (C=O) groups is 2. The van der Waals surface area contributed by atoms with Gasteiger partial charge in [-0.1, -0.05) is 17.7 Å². The second kappa shape index (κ2) is 6.12. The largest absolute Gasteiger partial charge is 0.355 e. The molecule has 2 N–H and O–H groups in total. The van der Waals surface area contributed by atoms with E-state index in [4.69, 9.17) is 11.6 Å². The Morgan fingerprint density at radius 3 is 2.60 bits per heavy atom. The normalized spacial score (nSPS) is 9.90. The van der Waals surface area contributed by atoms with Gasteiger partial charge in [-0.15, -0.1) is 0 Å². The van der Waals surface area contributed by atoms with Crippen LogP contribution in [0.15, 0.2) is 36.7 Å². The molecule has 2 amide bonds. The number of aromatic nitrogens is 2. The number of rotatable bonds is 3. The molecule has 2 rings (SSSR count). The van der Waals surface area contributed by atoms with E-state index in [2.05, 4.69) is 20.6 Å². The average Bonchev–Trinajstić information content (AvgIpc) is 2.47. The zero-order chi connectivity index (χ0) is 14.5. The van der Waals surface area contributed by atoms with Crippen LogP contribution in [-0.2, 0) is 0 Å². The number of benzene rings is 1. The summed E-state index contributed by atoms with van der Waals surface area (Å²) in [6, 6.07) is 6.57. The summed E-state index contributed by atoms with van der Waals surface area (Å²) in [4.78, 5) is 31.1. The number of halogens is 1. The standard InChI is InChI=1S/C13H11ClN4O2/c1-15-12(19)8-3-2-4-9(5-8)18-13(20)10-6-17-11(14)7-16-10/h2-7H,1H3,(H,15,19)(H,18,20). The second-order valence-corrected chi connectivity index (χ2v) is 4.23. The summed E-state index contributed by atoms with van der Waals surface area (Å²) in [5, 5.41) is 5.35. The third kappa shape index (κ3) is 3.30. The van der Waals surface area contributed by atoms with E-state index in [1.54, 1.807) is 24.3 Å². The predicted octanol–water partition coefficient (Wildman–Crippen LogP) is 1.74. The molecule has 20 heavy (non-hydrogen) atoms. The molecule has 0 spiro atoms. The minimum Gasteiger partial charge on any atom is -0.355 e. The highest BCUT2D eigenvalue weighted by Crippen LogP contribution is 2.12. The van der Waals surface area contributed by atoms with Crippen molar-refractivity contribution >= 4 is 29.1 Å². The maximum Gasteiger partial charge on any atom is 0.275 e. The van der Waals surface area contributed by atoms with Gasteiger partial charge in [0.05, 0.1) is 12.4 Å². The Morgan fingerprint density at radius 2 is 1.95 bits per heavy atom. The summed E-state index contributed by atoms with van der Waals surface area (Å²) in [6.07, 6.45) is 2.57. The van der Waals surface area contributed by atoms with Crippen molar-refractivity contribution in [1.29, 1.82) is 0 Å². The zero-order valence-electron chi connectivity index (χ0n) is 10.6. The van der Waals surface area contributed by atoms with E-state index in [1.807, 2.05) is 0 Å². The molecule has 0 bridgehead atoms. The summed E-state index contributed by atoms with van der Waals surface area (Å²) in [6.45, 7) is 0. The summed E-state index contributed by atoms with van der Waals surface area (Å²) in [7, 11) is 1.54. The first-order chi connectivity index (χ1) is 9.60. The van der Waals surface area contributed by atoms with Gasteiger partial charge in [0.1, 0.15) is 10.8 Å². The van der Waals surface area contributed by atoms with E-state index in [9.17, 15) is 9.59 Å². The van der Waals surface area contributed by atoms with Crippen molar-refractivity contribution in [3.63, 3.8) is 0 Å². The van der Waals surface area contributed by atoms with Crippen LogP contribution in [0.2, 0.25) is 5.15 Å². The molecular formula is C13H11ClN4O2. The van der Waals surface area contributed by atoms with Crippen LogP contribution in [0, 0.1) is 0 Å². The van der Waals surface area contributed by atoms with Gasteiger partial charge in [-0.2, -0.15) is 0 Å². The number of anilines is 1. The molecule has 0 unspecified atom stereocenters. The van der Waals surface area contributed by atoms with E-state index in [1.165, 1.54) is 19.4 Å². The molecule has 102 valence electrons. The molecule has 0 radical (unpaired) electrons. The predicted molar refractivity (Wildman–Crippen MR) is 74.8 cm³/mol. The lowest BCUT2D eigenvalue weighted by molar-refractivity contribution is 0.0961. The van der Waals surface area contributed by atoms with Gasteiger partial charge in [-0.05, 0) is 18.2 Å². The van der Waals surface area contributed by atoms with E-state index in [0.29, 0.717) is 11.3 Å². The number of carbonyl (C=O) groups excluding carboxylic acids is 2. The SMILES string of the molecule is CNC(=O)c1cccc(NC(=O)c2cnc(Cl)cn2)c1. The highest BCUT2D eigenvalue weighted by atomic mass is 35.5. The highest BCUT2D eigenvalue weighted by molar-refractivity contribution is 6.29. The molecule has 0 saturated heterocycles. The molecule has 0 fully saturated rings. The molecule has 1 aromatic carbocycles. The molecule has 1 aromatic heterocycles. The molecule has 0 aliphatic carbocycles. The van der Waals surface area contributed by atoms with Crippen molar-refractivity contribution < 1.29 is 9.59 Å². The first kappa shape index (κ1) is 14.0. The van der Waals surface area contributed by atoms with Gasteiger partial charge in [0.15, 0.2) is 0 Å². The van der Waals surface area contributed by atoms with Crippen molar-refractivity contribution in [3.8, 4) is 0 Å². The van der Waals surface area contributed by atoms with E-state index < -0.39 is 5.91 Å². The maximum absolute atomic E-state index is 11.9. The topological polar surface area (TPSA) is 84.0 Å². The van der Waals surface area contributed by atoms with Gasteiger partial charge >= 0.3 is 0 Å². The number of nitrogens with one attached hydrogen (secondary N) is 2. The smallest absolute Gasteiger partial charge is 0.275 e. The zero-order valence-corrected chi connectivity index (χ0v) is 11.3. The molecule has 1 heterocycles. The lowest BCUT2D eigenvalue weighted by Crippen LogP contribution is -2.18. The summed E-state index contributed by atoms with van der Waals surface area (Å²) >= 11 is 5.60. The second-order valence-electron chi connectivity index (χ2n) is 3.84. The van der Waals surface area contributed by atoms with Gasteiger partial charge in [0.2, 0.25) is 0 Å². The Kier molecular flexibility index (Phi) is 4.27. The highest BCUT2D eigenvalue weighted by Gasteiger charge is 2.10. The van der Waals surface area contributed by atoms with Crippen LogP contribution in [-0.4, -0.2) is 28.8 Å². The Labute approximate surface area is 120 Å². The van der Waals surface area contributed by atoms with Gasteiger partial charge in [0, 0.05) is 18.3 Å². The van der Waals surface area contributed by atoms with Crippen molar-refractivity contribution in [2.24, 2.45) is 0 Å². The first-order valence-corrected chi connectivity index (χ1v) is 6.09. The van der Waals surface area contributed by atoms with Crippen LogP contribution in [0.1, 0.15) is 20.8 Å². The van der Waals surface area contributed by atoms with Gasteiger partial charge in [0.25, 0.3) is 11.8 Å². The van der Waals surface area contributed by atoms with Crippen molar-refractivity contribution in [3.05, 3.63) is 53.1 Å². The van der Waals surface area contributed by atoms with Gasteiger partial charge < -0.3 is 10.6 Å². The fourth-order valence-corrected chi connectivity index (χ4v) is 1.60. The lowest BCUT2D eigenvalue weighted by Gasteiger charge is -2.06. The third-order valence-corrected chi connectivity index (χ3v) is 2.66. The Hall–Kier alpha value is -2.47. The summed E-state index contributed by atoms with van der Waals surface area (Å²) in [5.74, 6) is -0.657. The van der Waals surface area contributed by atoms with Crippen molar-refractivity contribution in [1.82, 2.24) is 15.3 Å². The Morgan fingerprint density at radius 1 is 1.15 bits per heavy atom. The van der Waals surface area contributed by atoms with E-state index in [-0.39, 0.29) is 16.8 Å². The van der Waals surface area contributed by atoms with Crippen molar-refractivity contribution in [2.45, 2.75) is 0 Å². The monoisotopic (exact) mass is 290 g/mol. The fraction of sp³-hybridized carbons (Fsp3) is 0.0769. The summed E-state index contributed by atoms with van der Waals surface area (Å²) < 4.78 is 0. The molecule has 0 aliphatic heterocycles. The van der Waals surface area contributed by atoms with Crippen LogP contribution in [0.25, 0.3) is 0 Å². The summed E-state index contributed by atoms with van der Waals surface area (Å²) in [5.41, 5.74) is 1.08. The average molecular weight is 291 g/mol. The maximum atomic E-state index is 11.9. The van der Waals surface area contributed by atoms with Gasteiger partial charge in [-0.3, -0.25) is 9.59 Å². The van der Waals surface area contributed by atoms with Crippen LogP contribution < -0.4 is 10.6 Å². The number of nitrogens with zero attached hydrogens (tertiary/aromatic N) is 2. The third-order valence-electron chi connectivity index (χ3n) is 2.46. The first-order valence-electron chi connectivity index (χ1n) is 5.71. The van der Waals surface area contributed by atoms with Crippen LogP contribution in [0.3, 0.4) is 0 Å². The molecule has 6 nitrogen and oxygen atoms in total. The molecular weight excluding hydrogens is 280 g/mol. The van der Waals surface area contributed by atoms with E-state index >= 15 is 0 Å². The molecule has 0 atom stereocenters. The molecule has 0 aliphatic rings. The molecule has 0 saturated carbocycles. The van der Waals surface area contributed by atoms with Crippen molar-refractivity contribution in [2.75, 3.05) is 12.4 Å². The molecule has 7 heteroatoms. The Bertz CT molecular complexity index is 643. The fourth-order valence-electron chi connectivity index (χ4n) is 1.51. The van der Waals surface area contributed by atoms with Crippen LogP contribution in [0.5, 0.6) is 0 Å². The number of amides is 2.